The third kappa shape index (κ3) is 6.66. The van der Waals surface area contributed by atoms with Crippen LogP contribution in [0.15, 0.2) is 109 Å². The predicted octanol–water partition coefficient (Wildman–Crippen LogP) is 6.38. The van der Waals surface area contributed by atoms with Crippen molar-refractivity contribution in [2.45, 2.75) is 32.5 Å². The largest absolute Gasteiger partial charge is 0.489 e. The average Bonchev–Trinajstić information content (AvgIpc) is 2.91. The van der Waals surface area contributed by atoms with Crippen LogP contribution in [0.3, 0.4) is 0 Å². The van der Waals surface area contributed by atoms with Gasteiger partial charge >= 0.3 is 0 Å². The van der Waals surface area contributed by atoms with E-state index in [1.165, 1.54) is 11.1 Å². The summed E-state index contributed by atoms with van der Waals surface area (Å²) in [5.41, 5.74) is 4.30. The Morgan fingerprint density at radius 3 is 2.06 bits per heavy atom. The highest BCUT2D eigenvalue weighted by atomic mass is 16.5. The fourth-order valence-electron chi connectivity index (χ4n) is 3.95. The van der Waals surface area contributed by atoms with Gasteiger partial charge in [0.05, 0.1) is 6.04 Å². The summed E-state index contributed by atoms with van der Waals surface area (Å²) in [7, 11) is 0. The van der Waals surface area contributed by atoms with E-state index in [4.69, 9.17) is 4.74 Å². The van der Waals surface area contributed by atoms with Crippen molar-refractivity contribution in [2.75, 3.05) is 6.54 Å². The minimum absolute atomic E-state index is 0.134. The predicted molar refractivity (Wildman–Crippen MR) is 137 cm³/mol. The third-order valence-corrected chi connectivity index (χ3v) is 6.02. The zero-order chi connectivity index (χ0) is 23.6. The van der Waals surface area contributed by atoms with Crippen molar-refractivity contribution < 1.29 is 9.53 Å². The minimum atomic E-state index is -0.226. The summed E-state index contributed by atoms with van der Waals surface area (Å²) in [5.74, 6) is 0.993. The number of hydrogen-bond donors (Lipinski definition) is 0. The van der Waals surface area contributed by atoms with Crippen LogP contribution in [0.1, 0.15) is 34.0 Å². The highest BCUT2D eigenvalue weighted by Gasteiger charge is 2.22. The molecule has 0 bridgehead atoms. The Labute approximate surface area is 202 Å². The van der Waals surface area contributed by atoms with Crippen LogP contribution in [0.25, 0.3) is 0 Å². The van der Waals surface area contributed by atoms with E-state index in [1.807, 2.05) is 67.6 Å². The molecule has 34 heavy (non-hydrogen) atoms. The molecule has 0 spiro atoms. The molecule has 0 saturated carbocycles. The molecule has 0 aromatic heterocycles. The standard InChI is InChI=1S/C31H30NO2/c1-25(31(33)29-15-9-4-10-16-29)32(23-27-11-5-2-6-12-27)22-21-26-17-19-30(20-18-26)34-24-28-13-7-3-8-14-28/h2-3,5-20,25H,21-24H2,1H3. The number of nitrogens with zero attached hydrogens (tertiary/aromatic N) is 1. The van der Waals surface area contributed by atoms with Crippen molar-refractivity contribution in [3.63, 3.8) is 0 Å². The lowest BCUT2D eigenvalue weighted by molar-refractivity contribution is 0.0829. The Bertz CT molecular complexity index is 1140. The summed E-state index contributed by atoms with van der Waals surface area (Å²) < 4.78 is 5.91. The van der Waals surface area contributed by atoms with Gasteiger partial charge in [0.1, 0.15) is 12.4 Å². The molecule has 4 rings (SSSR count). The van der Waals surface area contributed by atoms with Crippen LogP contribution >= 0.6 is 0 Å². The Hall–Kier alpha value is -3.69. The molecule has 0 N–H and O–H groups in total. The first-order valence-electron chi connectivity index (χ1n) is 11.7. The second-order valence-corrected chi connectivity index (χ2v) is 8.45. The van der Waals surface area contributed by atoms with Crippen LogP contribution in [0.5, 0.6) is 5.75 Å². The van der Waals surface area contributed by atoms with E-state index >= 15 is 0 Å². The normalized spacial score (nSPS) is 11.8. The number of ether oxygens (including phenoxy) is 1. The number of benzene rings is 4. The molecule has 4 aromatic rings. The number of carbonyl (C=O) groups excluding carboxylic acids is 1. The molecule has 3 heteroatoms. The summed E-state index contributed by atoms with van der Waals surface area (Å²) >= 11 is 0. The first-order valence-corrected chi connectivity index (χ1v) is 11.7. The van der Waals surface area contributed by atoms with Crippen LogP contribution in [0, 0.1) is 6.07 Å². The van der Waals surface area contributed by atoms with E-state index < -0.39 is 0 Å². The summed E-state index contributed by atoms with van der Waals surface area (Å²) in [4.78, 5) is 15.4. The fourth-order valence-corrected chi connectivity index (χ4v) is 3.95. The summed E-state index contributed by atoms with van der Waals surface area (Å²) in [6.07, 6.45) is 0.853. The topological polar surface area (TPSA) is 29.5 Å². The molecule has 0 saturated heterocycles. The van der Waals surface area contributed by atoms with Gasteiger partial charge in [-0.3, -0.25) is 9.69 Å². The molecule has 1 unspecified atom stereocenters. The number of Topliss-reactive ketones (excluding diaryl/α,β-unsaturated/α-hetero) is 1. The SMILES string of the molecule is CC(C(=O)c1cc[c]cc1)N(CCc1ccc(OCc2ccccc2)cc1)Cc1ccccc1. The van der Waals surface area contributed by atoms with Gasteiger partial charge in [0.15, 0.2) is 5.78 Å². The van der Waals surface area contributed by atoms with Crippen molar-refractivity contribution in [3.05, 3.63) is 138 Å². The lowest BCUT2D eigenvalue weighted by Crippen LogP contribution is -2.40. The van der Waals surface area contributed by atoms with E-state index in [-0.39, 0.29) is 11.8 Å². The molecule has 0 fully saturated rings. The van der Waals surface area contributed by atoms with Crippen molar-refractivity contribution >= 4 is 5.78 Å². The van der Waals surface area contributed by atoms with Crippen molar-refractivity contribution in [1.82, 2.24) is 4.90 Å². The third-order valence-electron chi connectivity index (χ3n) is 6.02. The van der Waals surface area contributed by atoms with Gasteiger partial charge in [0.2, 0.25) is 0 Å². The van der Waals surface area contributed by atoms with Crippen molar-refractivity contribution in [3.8, 4) is 5.75 Å². The molecule has 0 aliphatic carbocycles. The van der Waals surface area contributed by atoms with Gasteiger partial charge in [-0.25, -0.2) is 0 Å². The van der Waals surface area contributed by atoms with Gasteiger partial charge < -0.3 is 4.74 Å². The van der Waals surface area contributed by atoms with Gasteiger partial charge in [-0.05, 0) is 48.2 Å². The minimum Gasteiger partial charge on any atom is -0.489 e. The molecule has 171 valence electrons. The van der Waals surface area contributed by atoms with Crippen LogP contribution in [0.4, 0.5) is 0 Å². The number of rotatable bonds is 11. The van der Waals surface area contributed by atoms with E-state index in [0.717, 1.165) is 36.4 Å². The Balaban J connectivity index is 1.40. The average molecular weight is 449 g/mol. The molecule has 3 nitrogen and oxygen atoms in total. The Kier molecular flexibility index (Phi) is 8.26. The monoisotopic (exact) mass is 448 g/mol. The molecular weight excluding hydrogens is 418 g/mol. The Morgan fingerprint density at radius 2 is 1.41 bits per heavy atom. The highest BCUT2D eigenvalue weighted by Crippen LogP contribution is 2.17. The maximum atomic E-state index is 13.1. The first kappa shape index (κ1) is 23.5. The first-order chi connectivity index (χ1) is 16.7. The van der Waals surface area contributed by atoms with Gasteiger partial charge in [-0.2, -0.15) is 0 Å². The number of carbonyl (C=O) groups is 1. The maximum Gasteiger partial charge on any atom is 0.179 e. The zero-order valence-corrected chi connectivity index (χ0v) is 19.6. The van der Waals surface area contributed by atoms with Crippen molar-refractivity contribution in [2.24, 2.45) is 0 Å². The second-order valence-electron chi connectivity index (χ2n) is 8.45. The molecule has 0 heterocycles. The van der Waals surface area contributed by atoms with E-state index in [9.17, 15) is 4.79 Å². The van der Waals surface area contributed by atoms with E-state index in [1.54, 1.807) is 12.1 Å². The quantitative estimate of drug-likeness (QED) is 0.249. The van der Waals surface area contributed by atoms with Gasteiger partial charge in [-0.15, -0.1) is 0 Å². The van der Waals surface area contributed by atoms with Crippen molar-refractivity contribution in [1.29, 1.82) is 0 Å². The Morgan fingerprint density at radius 1 is 0.794 bits per heavy atom. The van der Waals surface area contributed by atoms with E-state index in [0.29, 0.717) is 6.61 Å². The molecule has 0 aliphatic rings. The maximum absolute atomic E-state index is 13.1. The lowest BCUT2D eigenvalue weighted by Gasteiger charge is -2.28. The molecule has 0 amide bonds. The van der Waals surface area contributed by atoms with Crippen LogP contribution < -0.4 is 4.74 Å². The second kappa shape index (κ2) is 12.0. The molecule has 4 aromatic carbocycles. The molecule has 1 radical (unpaired) electrons. The van der Waals surface area contributed by atoms with Crippen LogP contribution in [-0.4, -0.2) is 23.3 Å². The van der Waals surface area contributed by atoms with Gasteiger partial charge in [0.25, 0.3) is 0 Å². The number of hydrogen-bond acceptors (Lipinski definition) is 3. The summed E-state index contributed by atoms with van der Waals surface area (Å²) in [6.45, 7) is 4.07. The number of ketones is 1. The zero-order valence-electron chi connectivity index (χ0n) is 19.6. The van der Waals surface area contributed by atoms with Gasteiger partial charge in [0, 0.05) is 18.7 Å². The van der Waals surface area contributed by atoms with Crippen LogP contribution in [-0.2, 0) is 19.6 Å². The lowest BCUT2D eigenvalue weighted by atomic mass is 10.0. The molecular formula is C31H30NO2. The van der Waals surface area contributed by atoms with E-state index in [2.05, 4.69) is 47.4 Å². The smallest absolute Gasteiger partial charge is 0.179 e. The summed E-state index contributed by atoms with van der Waals surface area (Å²) in [6, 6.07) is 38.8. The molecule has 0 aliphatic heterocycles. The molecule has 1 atom stereocenters. The fraction of sp³-hybridized carbons (Fsp3) is 0.194. The van der Waals surface area contributed by atoms with Gasteiger partial charge in [-0.1, -0.05) is 97.1 Å². The summed E-state index contributed by atoms with van der Waals surface area (Å²) in [5, 5.41) is 0. The van der Waals surface area contributed by atoms with Crippen LogP contribution in [0.2, 0.25) is 0 Å². The highest BCUT2D eigenvalue weighted by molar-refractivity contribution is 5.99.